The second-order valence-electron chi connectivity index (χ2n) is 5.15. The van der Waals surface area contributed by atoms with Gasteiger partial charge in [0.25, 0.3) is 0 Å². The SMILES string of the molecule is CO[C@@H](C=O)[C@@H](O)[C@H](NC(=O)CC(C)(C)O)[C@@H](C)O. The van der Waals surface area contributed by atoms with Crippen LogP contribution in [0.3, 0.4) is 0 Å². The van der Waals surface area contributed by atoms with Crippen LogP contribution in [0.1, 0.15) is 27.2 Å². The lowest BCUT2D eigenvalue weighted by molar-refractivity contribution is -0.134. The van der Waals surface area contributed by atoms with Gasteiger partial charge in [0.15, 0.2) is 6.29 Å². The van der Waals surface area contributed by atoms with E-state index in [4.69, 9.17) is 4.74 Å². The molecule has 0 unspecified atom stereocenters. The van der Waals surface area contributed by atoms with E-state index in [2.05, 4.69) is 5.32 Å². The van der Waals surface area contributed by atoms with Crippen molar-refractivity contribution in [2.24, 2.45) is 0 Å². The fourth-order valence-corrected chi connectivity index (χ4v) is 1.60. The molecule has 0 aromatic rings. The number of methoxy groups -OCH3 is 1. The first-order valence-corrected chi connectivity index (χ1v) is 5.98. The Morgan fingerprint density at radius 2 is 1.95 bits per heavy atom. The fraction of sp³-hybridized carbons (Fsp3) is 0.833. The van der Waals surface area contributed by atoms with Crippen molar-refractivity contribution in [3.05, 3.63) is 0 Å². The van der Waals surface area contributed by atoms with Gasteiger partial charge in [-0.25, -0.2) is 0 Å². The Morgan fingerprint density at radius 1 is 1.42 bits per heavy atom. The van der Waals surface area contributed by atoms with Crippen molar-refractivity contribution in [1.82, 2.24) is 5.32 Å². The molecule has 0 spiro atoms. The highest BCUT2D eigenvalue weighted by Gasteiger charge is 2.33. The van der Waals surface area contributed by atoms with E-state index in [9.17, 15) is 24.9 Å². The molecule has 0 aromatic carbocycles. The largest absolute Gasteiger partial charge is 0.391 e. The molecule has 19 heavy (non-hydrogen) atoms. The Balaban J connectivity index is 4.75. The van der Waals surface area contributed by atoms with E-state index in [1.165, 1.54) is 27.9 Å². The lowest BCUT2D eigenvalue weighted by atomic mass is 9.99. The monoisotopic (exact) mass is 277 g/mol. The van der Waals surface area contributed by atoms with Gasteiger partial charge in [0, 0.05) is 7.11 Å². The van der Waals surface area contributed by atoms with Crippen LogP contribution in [0.4, 0.5) is 0 Å². The normalized spacial score (nSPS) is 18.3. The summed E-state index contributed by atoms with van der Waals surface area (Å²) >= 11 is 0. The van der Waals surface area contributed by atoms with Gasteiger partial charge in [0.05, 0.1) is 24.2 Å². The third-order valence-corrected chi connectivity index (χ3v) is 2.55. The summed E-state index contributed by atoms with van der Waals surface area (Å²) in [5.74, 6) is -0.543. The van der Waals surface area contributed by atoms with Gasteiger partial charge in [-0.15, -0.1) is 0 Å². The van der Waals surface area contributed by atoms with Gasteiger partial charge in [-0.2, -0.15) is 0 Å². The van der Waals surface area contributed by atoms with Crippen molar-refractivity contribution < 1.29 is 29.6 Å². The molecular formula is C12H23NO6. The Kier molecular flexibility index (Phi) is 7.14. The molecule has 0 fully saturated rings. The van der Waals surface area contributed by atoms with Crippen LogP contribution < -0.4 is 5.32 Å². The molecule has 0 aromatic heterocycles. The van der Waals surface area contributed by atoms with Crippen LogP contribution in [-0.4, -0.2) is 64.6 Å². The predicted molar refractivity (Wildman–Crippen MR) is 67.4 cm³/mol. The second kappa shape index (κ2) is 7.54. The zero-order chi connectivity index (χ0) is 15.2. The van der Waals surface area contributed by atoms with Gasteiger partial charge < -0.3 is 30.2 Å². The third-order valence-electron chi connectivity index (χ3n) is 2.55. The maximum atomic E-state index is 11.7. The summed E-state index contributed by atoms with van der Waals surface area (Å²) in [5.41, 5.74) is -1.20. The lowest BCUT2D eigenvalue weighted by Gasteiger charge is -2.30. The standard InChI is InChI=1S/C12H23NO6/c1-7(15)10(11(17)8(6-14)19-4)13-9(16)5-12(2,3)18/h6-8,10-11,15,17-18H,5H2,1-4H3,(H,13,16)/t7-,8+,10-,11-/m1/s1. The number of nitrogens with one attached hydrogen (secondary N) is 1. The molecule has 4 atom stereocenters. The number of carbonyl (C=O) groups excluding carboxylic acids is 2. The third kappa shape index (κ3) is 6.63. The molecule has 7 nitrogen and oxygen atoms in total. The average molecular weight is 277 g/mol. The van der Waals surface area contributed by atoms with Gasteiger partial charge in [0.2, 0.25) is 5.91 Å². The van der Waals surface area contributed by atoms with Crippen LogP contribution in [0.15, 0.2) is 0 Å². The summed E-state index contributed by atoms with van der Waals surface area (Å²) in [4.78, 5) is 22.4. The highest BCUT2D eigenvalue weighted by Crippen LogP contribution is 2.10. The molecule has 0 saturated carbocycles. The molecule has 0 saturated heterocycles. The van der Waals surface area contributed by atoms with Crippen LogP contribution in [0.5, 0.6) is 0 Å². The van der Waals surface area contributed by atoms with Gasteiger partial charge in [-0.3, -0.25) is 4.79 Å². The van der Waals surface area contributed by atoms with E-state index in [1.54, 1.807) is 0 Å². The molecule has 4 N–H and O–H groups in total. The molecule has 112 valence electrons. The van der Waals surface area contributed by atoms with Gasteiger partial charge in [-0.1, -0.05) is 0 Å². The first-order chi connectivity index (χ1) is 8.62. The number of hydrogen-bond donors (Lipinski definition) is 4. The molecule has 0 rings (SSSR count). The molecular weight excluding hydrogens is 254 g/mol. The number of rotatable bonds is 8. The smallest absolute Gasteiger partial charge is 0.223 e. The maximum Gasteiger partial charge on any atom is 0.223 e. The first-order valence-electron chi connectivity index (χ1n) is 5.98. The molecule has 0 aliphatic rings. The molecule has 0 radical (unpaired) electrons. The Labute approximate surface area is 112 Å². The number of ether oxygens (including phenoxy) is 1. The summed E-state index contributed by atoms with van der Waals surface area (Å²) < 4.78 is 4.75. The number of amides is 1. The van der Waals surface area contributed by atoms with E-state index in [0.29, 0.717) is 6.29 Å². The van der Waals surface area contributed by atoms with Crippen LogP contribution in [0.25, 0.3) is 0 Å². The number of carbonyl (C=O) groups is 2. The maximum absolute atomic E-state index is 11.7. The van der Waals surface area contributed by atoms with Crippen molar-refractivity contribution in [3.63, 3.8) is 0 Å². The van der Waals surface area contributed by atoms with E-state index >= 15 is 0 Å². The topological polar surface area (TPSA) is 116 Å². The lowest BCUT2D eigenvalue weighted by Crippen LogP contribution is -2.55. The minimum absolute atomic E-state index is 0.193. The van der Waals surface area contributed by atoms with Gasteiger partial charge in [0.1, 0.15) is 12.2 Å². The Bertz CT molecular complexity index is 299. The Hall–Kier alpha value is -1.02. The molecule has 0 bridgehead atoms. The average Bonchev–Trinajstić information content (AvgIpc) is 2.24. The van der Waals surface area contributed by atoms with Crippen LogP contribution in [0.2, 0.25) is 0 Å². The van der Waals surface area contributed by atoms with E-state index < -0.39 is 35.9 Å². The number of aliphatic hydroxyl groups excluding tert-OH is 2. The number of hydrogen-bond acceptors (Lipinski definition) is 6. The van der Waals surface area contributed by atoms with Crippen molar-refractivity contribution in [2.45, 2.75) is 57.1 Å². The molecule has 0 aliphatic heterocycles. The van der Waals surface area contributed by atoms with Crippen molar-refractivity contribution in [1.29, 1.82) is 0 Å². The molecule has 0 aliphatic carbocycles. The molecule has 0 heterocycles. The summed E-state index contributed by atoms with van der Waals surface area (Å²) in [7, 11) is 1.24. The zero-order valence-electron chi connectivity index (χ0n) is 11.7. The fourth-order valence-electron chi connectivity index (χ4n) is 1.60. The van der Waals surface area contributed by atoms with Crippen molar-refractivity contribution in [3.8, 4) is 0 Å². The minimum atomic E-state index is -1.38. The highest BCUT2D eigenvalue weighted by atomic mass is 16.5. The van der Waals surface area contributed by atoms with Gasteiger partial charge >= 0.3 is 0 Å². The number of aldehydes is 1. The second-order valence-corrected chi connectivity index (χ2v) is 5.15. The predicted octanol–water partition coefficient (Wildman–Crippen LogP) is -1.41. The van der Waals surface area contributed by atoms with Crippen LogP contribution >= 0.6 is 0 Å². The van der Waals surface area contributed by atoms with E-state index in [1.807, 2.05) is 0 Å². The summed E-state index contributed by atoms with van der Waals surface area (Å²) in [6.45, 7) is 4.29. The Morgan fingerprint density at radius 3 is 2.26 bits per heavy atom. The molecule has 7 heteroatoms. The van der Waals surface area contributed by atoms with Crippen LogP contribution in [-0.2, 0) is 14.3 Å². The van der Waals surface area contributed by atoms with Crippen LogP contribution in [0, 0.1) is 0 Å². The number of aliphatic hydroxyl groups is 3. The summed E-state index contributed by atoms with van der Waals surface area (Å²) in [6, 6.07) is -1.06. The molecule has 1 amide bonds. The van der Waals surface area contributed by atoms with E-state index in [0.717, 1.165) is 0 Å². The van der Waals surface area contributed by atoms with E-state index in [-0.39, 0.29) is 6.42 Å². The van der Waals surface area contributed by atoms with Gasteiger partial charge in [-0.05, 0) is 20.8 Å². The zero-order valence-corrected chi connectivity index (χ0v) is 11.7. The quantitative estimate of drug-likeness (QED) is 0.405. The first kappa shape index (κ1) is 18.0. The van der Waals surface area contributed by atoms with Crippen molar-refractivity contribution in [2.75, 3.05) is 7.11 Å². The highest BCUT2D eigenvalue weighted by molar-refractivity contribution is 5.77. The summed E-state index contributed by atoms with van der Waals surface area (Å²) in [6.07, 6.45) is -3.42. The minimum Gasteiger partial charge on any atom is -0.391 e. The summed E-state index contributed by atoms with van der Waals surface area (Å²) in [5, 5.41) is 31.4. The van der Waals surface area contributed by atoms with Crippen molar-refractivity contribution >= 4 is 12.2 Å².